The van der Waals surface area contributed by atoms with E-state index < -0.39 is 0 Å². The number of hydrogen-bond acceptors (Lipinski definition) is 5. The van der Waals surface area contributed by atoms with Crippen molar-refractivity contribution in [1.82, 2.24) is 14.5 Å². The molecule has 3 aromatic heterocycles. The molecular weight excluding hydrogens is 356 g/mol. The van der Waals surface area contributed by atoms with Crippen LogP contribution in [0.4, 0.5) is 0 Å². The first-order valence-corrected chi connectivity index (χ1v) is 10.2. The molecule has 138 valence electrons. The number of hydrogen-bond donors (Lipinski definition) is 0. The highest BCUT2D eigenvalue weighted by Crippen LogP contribution is 2.27. The number of thiazole rings is 1. The fourth-order valence-electron chi connectivity index (χ4n) is 3.41. The van der Waals surface area contributed by atoms with E-state index in [4.69, 9.17) is 4.99 Å². The molecule has 6 heteroatoms. The molecule has 0 saturated heterocycles. The molecule has 0 unspecified atom stereocenters. The minimum atomic E-state index is -0.0812. The van der Waals surface area contributed by atoms with Crippen LogP contribution in [0.1, 0.15) is 47.5 Å². The molecule has 0 bridgehead atoms. The molecule has 1 fully saturated rings. The lowest BCUT2D eigenvalue weighted by molar-refractivity contribution is 0.0957. The Balaban J connectivity index is 1.70. The molecule has 0 radical (unpaired) electrons. The van der Waals surface area contributed by atoms with Crippen LogP contribution in [-0.4, -0.2) is 26.5 Å². The van der Waals surface area contributed by atoms with Crippen LogP contribution < -0.4 is 5.49 Å². The van der Waals surface area contributed by atoms with Crippen molar-refractivity contribution in [3.63, 3.8) is 0 Å². The minimum Gasteiger partial charge on any atom is -0.267 e. The number of pyridine rings is 2. The van der Waals surface area contributed by atoms with Crippen molar-refractivity contribution in [3.05, 3.63) is 64.9 Å². The molecule has 0 aromatic carbocycles. The van der Waals surface area contributed by atoms with E-state index in [9.17, 15) is 4.79 Å². The Morgan fingerprint density at radius 2 is 1.96 bits per heavy atom. The standard InChI is InChI=1S/C21H22N4OS/c1-15-19(27-20(23-15)17-11-5-7-13-22-17)21(26)25-14-8-6-12-18(25)24-16-9-3-2-4-10-16/h5-8,11-14,16H,2-4,9-10H2,1H3. The summed E-state index contributed by atoms with van der Waals surface area (Å²) >= 11 is 1.38. The van der Waals surface area contributed by atoms with Crippen LogP contribution in [0.3, 0.4) is 0 Å². The van der Waals surface area contributed by atoms with Gasteiger partial charge in [-0.15, -0.1) is 11.3 Å². The van der Waals surface area contributed by atoms with Crippen LogP contribution in [0.2, 0.25) is 0 Å². The van der Waals surface area contributed by atoms with Crippen molar-refractivity contribution >= 4 is 17.2 Å². The Morgan fingerprint density at radius 1 is 1.15 bits per heavy atom. The lowest BCUT2D eigenvalue weighted by atomic mass is 9.96. The van der Waals surface area contributed by atoms with Gasteiger partial charge >= 0.3 is 0 Å². The number of carbonyl (C=O) groups excluding carboxylic acids is 1. The first-order valence-electron chi connectivity index (χ1n) is 9.37. The SMILES string of the molecule is Cc1nc(-c2ccccn2)sc1C(=O)n1ccccc1=NC1CCCCC1. The first kappa shape index (κ1) is 17.8. The van der Waals surface area contributed by atoms with Gasteiger partial charge in [0.2, 0.25) is 0 Å². The summed E-state index contributed by atoms with van der Waals surface area (Å²) in [5.74, 6) is -0.0812. The lowest BCUT2D eigenvalue weighted by Crippen LogP contribution is -2.29. The molecule has 3 heterocycles. The molecule has 1 saturated carbocycles. The second-order valence-corrected chi connectivity index (χ2v) is 7.80. The largest absolute Gasteiger partial charge is 0.275 e. The van der Waals surface area contributed by atoms with Gasteiger partial charge < -0.3 is 0 Å². The zero-order chi connectivity index (χ0) is 18.6. The third kappa shape index (κ3) is 3.90. The Labute approximate surface area is 162 Å². The Kier molecular flexibility index (Phi) is 5.25. The third-order valence-corrected chi connectivity index (χ3v) is 5.99. The zero-order valence-electron chi connectivity index (χ0n) is 15.3. The molecule has 0 aliphatic heterocycles. The third-order valence-electron chi connectivity index (χ3n) is 4.82. The van der Waals surface area contributed by atoms with Crippen molar-refractivity contribution in [2.75, 3.05) is 0 Å². The topological polar surface area (TPSA) is 60.1 Å². The minimum absolute atomic E-state index is 0.0812. The van der Waals surface area contributed by atoms with Gasteiger partial charge in [-0.05, 0) is 44.0 Å². The van der Waals surface area contributed by atoms with Gasteiger partial charge in [0.15, 0.2) is 0 Å². The van der Waals surface area contributed by atoms with Crippen LogP contribution in [0.15, 0.2) is 53.8 Å². The average molecular weight is 379 g/mol. The molecule has 3 aromatic rings. The number of nitrogens with zero attached hydrogens (tertiary/aromatic N) is 4. The fraction of sp³-hybridized carbons (Fsp3) is 0.333. The summed E-state index contributed by atoms with van der Waals surface area (Å²) in [6.07, 6.45) is 9.46. The highest BCUT2D eigenvalue weighted by atomic mass is 32.1. The Hall–Kier alpha value is -2.60. The second kappa shape index (κ2) is 7.96. The van der Waals surface area contributed by atoms with Crippen molar-refractivity contribution < 1.29 is 4.79 Å². The summed E-state index contributed by atoms with van der Waals surface area (Å²) in [7, 11) is 0. The summed E-state index contributed by atoms with van der Waals surface area (Å²) in [5, 5.41) is 0.763. The van der Waals surface area contributed by atoms with E-state index in [0.717, 1.165) is 34.7 Å². The number of rotatable bonds is 3. The summed E-state index contributed by atoms with van der Waals surface area (Å²) < 4.78 is 1.65. The van der Waals surface area contributed by atoms with Gasteiger partial charge in [0.1, 0.15) is 15.4 Å². The highest BCUT2D eigenvalue weighted by molar-refractivity contribution is 7.17. The van der Waals surface area contributed by atoms with Crippen LogP contribution in [0.5, 0.6) is 0 Å². The van der Waals surface area contributed by atoms with Gasteiger partial charge in [0.05, 0.1) is 17.4 Å². The molecule has 5 nitrogen and oxygen atoms in total. The maximum Gasteiger partial charge on any atom is 0.275 e. The molecule has 0 atom stereocenters. The second-order valence-electron chi connectivity index (χ2n) is 6.80. The maximum absolute atomic E-state index is 13.2. The van der Waals surface area contributed by atoms with Gasteiger partial charge in [0.25, 0.3) is 5.91 Å². The van der Waals surface area contributed by atoms with Gasteiger partial charge in [-0.25, -0.2) is 4.98 Å². The molecule has 0 amide bonds. The summed E-state index contributed by atoms with van der Waals surface area (Å²) in [4.78, 5) is 27.6. The monoisotopic (exact) mass is 378 g/mol. The molecule has 1 aliphatic carbocycles. The van der Waals surface area contributed by atoms with Crippen molar-refractivity contribution in [2.45, 2.75) is 45.1 Å². The first-order chi connectivity index (χ1) is 13.2. The maximum atomic E-state index is 13.2. The van der Waals surface area contributed by atoms with Crippen molar-refractivity contribution in [3.8, 4) is 10.7 Å². The summed E-state index contributed by atoms with van der Waals surface area (Å²) in [6.45, 7) is 1.87. The van der Waals surface area contributed by atoms with Crippen LogP contribution >= 0.6 is 11.3 Å². The van der Waals surface area contributed by atoms with Crippen molar-refractivity contribution in [1.29, 1.82) is 0 Å². The van der Waals surface area contributed by atoms with Gasteiger partial charge in [-0.1, -0.05) is 31.4 Å². The molecular formula is C21H22N4OS. The number of aryl methyl sites for hydroxylation is 1. The number of aromatic nitrogens is 3. The van der Waals surface area contributed by atoms with Crippen LogP contribution in [0.25, 0.3) is 10.7 Å². The summed E-state index contributed by atoms with van der Waals surface area (Å²) in [5.41, 5.74) is 2.24. The van der Waals surface area contributed by atoms with Gasteiger partial charge in [-0.3, -0.25) is 19.3 Å². The van der Waals surface area contributed by atoms with E-state index in [1.807, 2.05) is 43.3 Å². The average Bonchev–Trinajstić information content (AvgIpc) is 3.11. The Bertz CT molecular complexity index is 1000. The highest BCUT2D eigenvalue weighted by Gasteiger charge is 2.19. The predicted octanol–water partition coefficient (Wildman–Crippen LogP) is 4.24. The van der Waals surface area contributed by atoms with E-state index in [0.29, 0.717) is 10.9 Å². The lowest BCUT2D eigenvalue weighted by Gasteiger charge is -2.17. The normalized spacial score (nSPS) is 15.8. The number of carbonyl (C=O) groups is 1. The Morgan fingerprint density at radius 3 is 2.74 bits per heavy atom. The molecule has 27 heavy (non-hydrogen) atoms. The molecule has 0 spiro atoms. The van der Waals surface area contributed by atoms with Gasteiger partial charge in [-0.2, -0.15) is 0 Å². The van der Waals surface area contributed by atoms with Gasteiger partial charge in [0, 0.05) is 12.4 Å². The van der Waals surface area contributed by atoms with E-state index in [2.05, 4.69) is 9.97 Å². The van der Waals surface area contributed by atoms with E-state index >= 15 is 0 Å². The van der Waals surface area contributed by atoms with Crippen LogP contribution in [-0.2, 0) is 0 Å². The predicted molar refractivity (Wildman–Crippen MR) is 107 cm³/mol. The molecule has 0 N–H and O–H groups in total. The molecule has 1 aliphatic rings. The van der Waals surface area contributed by atoms with E-state index in [1.54, 1.807) is 17.0 Å². The smallest absolute Gasteiger partial charge is 0.267 e. The molecule has 4 rings (SSSR count). The van der Waals surface area contributed by atoms with E-state index in [-0.39, 0.29) is 5.91 Å². The fourth-order valence-corrected chi connectivity index (χ4v) is 4.39. The van der Waals surface area contributed by atoms with Crippen LogP contribution in [0, 0.1) is 6.92 Å². The van der Waals surface area contributed by atoms with Crippen molar-refractivity contribution in [2.24, 2.45) is 4.99 Å². The zero-order valence-corrected chi connectivity index (χ0v) is 16.2. The van der Waals surface area contributed by atoms with E-state index in [1.165, 1.54) is 30.6 Å². The quantitative estimate of drug-likeness (QED) is 0.685. The summed E-state index contributed by atoms with van der Waals surface area (Å²) in [6, 6.07) is 11.7.